The molecular weight excluding hydrogens is 474 g/mol. The summed E-state index contributed by atoms with van der Waals surface area (Å²) >= 11 is 5.97. The van der Waals surface area contributed by atoms with E-state index in [2.05, 4.69) is 41.4 Å². The van der Waals surface area contributed by atoms with E-state index < -0.39 is 0 Å². The van der Waals surface area contributed by atoms with Crippen LogP contribution in [0.25, 0.3) is 11.3 Å². The number of H-pyrrole nitrogens is 1. The summed E-state index contributed by atoms with van der Waals surface area (Å²) in [4.78, 5) is 15.3. The second-order valence-corrected chi connectivity index (χ2v) is 9.39. The van der Waals surface area contributed by atoms with Crippen molar-refractivity contribution in [1.29, 1.82) is 0 Å². The van der Waals surface area contributed by atoms with Crippen LogP contribution in [0.2, 0.25) is 5.02 Å². The maximum absolute atomic E-state index is 13.4. The van der Waals surface area contributed by atoms with Crippen LogP contribution >= 0.6 is 11.6 Å². The van der Waals surface area contributed by atoms with E-state index >= 15 is 0 Å². The Hall–Kier alpha value is -3.61. The number of rotatable bonds is 9. The van der Waals surface area contributed by atoms with Crippen molar-refractivity contribution in [2.24, 2.45) is 0 Å². The van der Waals surface area contributed by atoms with Gasteiger partial charge in [0.05, 0.1) is 11.7 Å². The lowest BCUT2D eigenvalue weighted by Crippen LogP contribution is -2.31. The lowest BCUT2D eigenvalue weighted by molar-refractivity contribution is 0.0723. The van der Waals surface area contributed by atoms with Gasteiger partial charge in [0.1, 0.15) is 18.1 Å². The quantitative estimate of drug-likeness (QED) is 0.277. The van der Waals surface area contributed by atoms with Crippen molar-refractivity contribution in [2.45, 2.75) is 26.0 Å². The molecule has 3 aromatic carbocycles. The van der Waals surface area contributed by atoms with E-state index in [-0.39, 0.29) is 11.9 Å². The number of methoxy groups -OCH3 is 1. The minimum absolute atomic E-state index is 0.0416. The molecule has 0 fully saturated rings. The van der Waals surface area contributed by atoms with Crippen LogP contribution in [0, 0.1) is 6.92 Å². The molecule has 1 aliphatic heterocycles. The molecule has 0 radical (unpaired) electrons. The molecule has 0 bridgehead atoms. The smallest absolute Gasteiger partial charge is 0.273 e. The Morgan fingerprint density at radius 1 is 1.00 bits per heavy atom. The fourth-order valence-corrected chi connectivity index (χ4v) is 4.70. The molecule has 184 valence electrons. The summed E-state index contributed by atoms with van der Waals surface area (Å²) < 4.78 is 11.2. The molecule has 6 nitrogen and oxygen atoms in total. The maximum atomic E-state index is 13.4. The monoisotopic (exact) mass is 501 g/mol. The van der Waals surface area contributed by atoms with E-state index in [4.69, 9.17) is 21.1 Å². The first kappa shape index (κ1) is 24.1. The Labute approximate surface area is 215 Å². The average molecular weight is 502 g/mol. The normalized spacial score (nSPS) is 14.8. The zero-order valence-electron chi connectivity index (χ0n) is 20.3. The molecule has 0 saturated carbocycles. The Morgan fingerprint density at radius 3 is 2.42 bits per heavy atom. The van der Waals surface area contributed by atoms with Crippen molar-refractivity contribution < 1.29 is 14.3 Å². The van der Waals surface area contributed by atoms with Crippen molar-refractivity contribution in [1.82, 2.24) is 15.1 Å². The number of fused-ring (bicyclic) bond motifs is 1. The van der Waals surface area contributed by atoms with Gasteiger partial charge in [0.15, 0.2) is 0 Å². The lowest BCUT2D eigenvalue weighted by atomic mass is 9.95. The van der Waals surface area contributed by atoms with Gasteiger partial charge in [0.25, 0.3) is 5.91 Å². The summed E-state index contributed by atoms with van der Waals surface area (Å²) in [5, 5.41) is 8.27. The maximum Gasteiger partial charge on any atom is 0.273 e. The molecule has 1 aromatic heterocycles. The highest BCUT2D eigenvalue weighted by Gasteiger charge is 2.41. The van der Waals surface area contributed by atoms with Crippen LogP contribution in [0.4, 0.5) is 0 Å². The van der Waals surface area contributed by atoms with Crippen LogP contribution in [-0.4, -0.2) is 41.3 Å². The van der Waals surface area contributed by atoms with Crippen molar-refractivity contribution in [3.8, 4) is 17.0 Å². The fraction of sp³-hybridized carbons (Fsp3) is 0.241. The molecule has 0 aliphatic carbocycles. The first-order valence-corrected chi connectivity index (χ1v) is 12.4. The number of nitrogens with zero attached hydrogens (tertiary/aromatic N) is 2. The number of aromatic amines is 1. The number of nitrogens with one attached hydrogen (secondary N) is 1. The SMILES string of the molecule is COCCCN1C(=O)c2[nH]nc(-c3ccc(C)cc3)c2C1c1ccc(OCc2ccc(Cl)cc2)cc1. The number of hydrogen-bond donors (Lipinski definition) is 1. The summed E-state index contributed by atoms with van der Waals surface area (Å²) in [6, 6.07) is 23.5. The Kier molecular flexibility index (Phi) is 7.07. The highest BCUT2D eigenvalue weighted by Crippen LogP contribution is 2.43. The number of aromatic nitrogens is 2. The largest absolute Gasteiger partial charge is 0.489 e. The minimum atomic E-state index is -0.246. The van der Waals surface area contributed by atoms with Gasteiger partial charge in [0.2, 0.25) is 0 Å². The fourth-order valence-electron chi connectivity index (χ4n) is 4.58. The zero-order chi connectivity index (χ0) is 25.1. The minimum Gasteiger partial charge on any atom is -0.489 e. The van der Waals surface area contributed by atoms with Crippen LogP contribution in [0.3, 0.4) is 0 Å². The zero-order valence-corrected chi connectivity index (χ0v) is 21.1. The van der Waals surface area contributed by atoms with Crippen molar-refractivity contribution >= 4 is 17.5 Å². The van der Waals surface area contributed by atoms with Gasteiger partial charge in [-0.15, -0.1) is 0 Å². The van der Waals surface area contributed by atoms with Gasteiger partial charge in [0, 0.05) is 36.4 Å². The van der Waals surface area contributed by atoms with Gasteiger partial charge in [-0.1, -0.05) is 65.7 Å². The van der Waals surface area contributed by atoms with Gasteiger partial charge in [-0.2, -0.15) is 5.10 Å². The van der Waals surface area contributed by atoms with Crippen molar-refractivity contribution in [3.05, 3.63) is 106 Å². The topological polar surface area (TPSA) is 67.5 Å². The van der Waals surface area contributed by atoms with Gasteiger partial charge < -0.3 is 14.4 Å². The third-order valence-electron chi connectivity index (χ3n) is 6.45. The van der Waals surface area contributed by atoms with E-state index in [1.165, 1.54) is 5.56 Å². The standard InChI is InChI=1S/C29H28ClN3O3/c1-19-4-8-21(9-5-19)26-25-27(32-31-26)29(34)33(16-3-17-35-2)28(25)22-10-14-24(15-11-22)36-18-20-6-12-23(30)13-7-20/h4-15,28H,3,16-18H2,1-2H3,(H,31,32). The van der Waals surface area contributed by atoms with Gasteiger partial charge in [-0.3, -0.25) is 9.89 Å². The molecule has 2 heterocycles. The number of ether oxygens (including phenoxy) is 2. The van der Waals surface area contributed by atoms with Crippen molar-refractivity contribution in [2.75, 3.05) is 20.3 Å². The third-order valence-corrected chi connectivity index (χ3v) is 6.70. The van der Waals surface area contributed by atoms with Crippen LogP contribution in [0.15, 0.2) is 72.8 Å². The van der Waals surface area contributed by atoms with E-state index in [1.54, 1.807) is 7.11 Å². The molecule has 1 atom stereocenters. The first-order valence-electron chi connectivity index (χ1n) is 12.0. The predicted molar refractivity (Wildman–Crippen MR) is 140 cm³/mol. The first-order chi connectivity index (χ1) is 17.5. The summed E-state index contributed by atoms with van der Waals surface area (Å²) in [5.74, 6) is 0.718. The van der Waals surface area contributed by atoms with E-state index in [0.717, 1.165) is 40.1 Å². The van der Waals surface area contributed by atoms with Gasteiger partial charge in [-0.25, -0.2) is 0 Å². The van der Waals surface area contributed by atoms with E-state index in [1.807, 2.05) is 53.4 Å². The molecule has 1 aliphatic rings. The number of carbonyl (C=O) groups is 1. The van der Waals surface area contributed by atoms with Crippen LogP contribution in [-0.2, 0) is 11.3 Å². The average Bonchev–Trinajstić information content (AvgIpc) is 3.44. The van der Waals surface area contributed by atoms with E-state index in [9.17, 15) is 4.79 Å². The molecule has 1 N–H and O–H groups in total. The Morgan fingerprint density at radius 2 is 1.72 bits per heavy atom. The summed E-state index contributed by atoms with van der Waals surface area (Å²) in [6.07, 6.45) is 0.749. The van der Waals surface area contributed by atoms with Crippen LogP contribution < -0.4 is 4.74 Å². The highest BCUT2D eigenvalue weighted by atomic mass is 35.5. The summed E-state index contributed by atoms with van der Waals surface area (Å²) in [6.45, 7) is 3.68. The lowest BCUT2D eigenvalue weighted by Gasteiger charge is -2.26. The molecule has 5 rings (SSSR count). The molecule has 1 amide bonds. The highest BCUT2D eigenvalue weighted by molar-refractivity contribution is 6.30. The Balaban J connectivity index is 1.44. The van der Waals surface area contributed by atoms with Crippen molar-refractivity contribution in [3.63, 3.8) is 0 Å². The predicted octanol–water partition coefficient (Wildman–Crippen LogP) is 6.20. The molecule has 1 unspecified atom stereocenters. The Bertz CT molecular complexity index is 1330. The number of carbonyl (C=O) groups excluding carboxylic acids is 1. The van der Waals surface area contributed by atoms with Gasteiger partial charge in [-0.05, 0) is 48.7 Å². The summed E-state index contributed by atoms with van der Waals surface area (Å²) in [5.41, 5.74) is 6.48. The number of halogens is 1. The molecule has 36 heavy (non-hydrogen) atoms. The number of amides is 1. The molecular formula is C29H28ClN3O3. The third kappa shape index (κ3) is 4.87. The summed E-state index contributed by atoms with van der Waals surface area (Å²) in [7, 11) is 1.67. The molecule has 0 saturated heterocycles. The number of hydrogen-bond acceptors (Lipinski definition) is 4. The second kappa shape index (κ2) is 10.6. The van der Waals surface area contributed by atoms with Gasteiger partial charge >= 0.3 is 0 Å². The molecule has 7 heteroatoms. The number of aryl methyl sites for hydroxylation is 1. The van der Waals surface area contributed by atoms with E-state index in [0.29, 0.717) is 30.5 Å². The second-order valence-electron chi connectivity index (χ2n) is 8.96. The van der Waals surface area contributed by atoms with Crippen LogP contribution in [0.5, 0.6) is 5.75 Å². The number of benzene rings is 3. The van der Waals surface area contributed by atoms with Crippen LogP contribution in [0.1, 0.15) is 45.2 Å². The molecule has 4 aromatic rings. The molecule has 0 spiro atoms.